The van der Waals surface area contributed by atoms with E-state index in [0.29, 0.717) is 23.5 Å². The zero-order chi connectivity index (χ0) is 23.5. The van der Waals surface area contributed by atoms with Crippen molar-refractivity contribution >= 4 is 12.1 Å². The summed E-state index contributed by atoms with van der Waals surface area (Å²) >= 11 is 0. The number of fused-ring (bicyclic) bond motifs is 5. The molecule has 4 aliphatic carbocycles. The van der Waals surface area contributed by atoms with E-state index < -0.39 is 0 Å². The molecule has 4 aliphatic rings. The summed E-state index contributed by atoms with van der Waals surface area (Å²) in [4.78, 5) is 23.7. The molecule has 32 heavy (non-hydrogen) atoms. The molecule has 0 heterocycles. The van der Waals surface area contributed by atoms with Crippen molar-refractivity contribution in [2.24, 2.45) is 39.4 Å². The Morgan fingerprint density at radius 1 is 1.12 bits per heavy atom. The molecule has 2 nitrogen and oxygen atoms in total. The lowest BCUT2D eigenvalue weighted by Crippen LogP contribution is -2.53. The first-order chi connectivity index (χ1) is 14.9. The molecule has 0 aliphatic heterocycles. The van der Waals surface area contributed by atoms with Crippen LogP contribution in [0.25, 0.3) is 0 Å². The number of Topliss-reactive ketones (excluding diaryl/α,β-unsaturated/α-hetero) is 1. The van der Waals surface area contributed by atoms with E-state index in [1.807, 2.05) is 6.92 Å². The predicted octanol–water partition coefficient (Wildman–Crippen LogP) is 7.64. The second-order valence-corrected chi connectivity index (χ2v) is 12.8. The van der Waals surface area contributed by atoms with Gasteiger partial charge in [-0.25, -0.2) is 0 Å². The molecule has 1 unspecified atom stereocenters. The zero-order valence-corrected chi connectivity index (χ0v) is 21.5. The Bertz CT molecular complexity index is 902. The van der Waals surface area contributed by atoms with Gasteiger partial charge >= 0.3 is 0 Å². The topological polar surface area (TPSA) is 34.1 Å². The number of hydrogen-bond donors (Lipinski definition) is 0. The van der Waals surface area contributed by atoms with Crippen molar-refractivity contribution in [3.8, 4) is 0 Å². The average Bonchev–Trinajstić information content (AvgIpc) is 3.02. The van der Waals surface area contributed by atoms with E-state index in [9.17, 15) is 9.59 Å². The summed E-state index contributed by atoms with van der Waals surface area (Å²) in [5.41, 5.74) is 4.49. The highest BCUT2D eigenvalue weighted by Crippen LogP contribution is 2.71. The summed E-state index contributed by atoms with van der Waals surface area (Å²) < 4.78 is 0. The minimum absolute atomic E-state index is 0.132. The molecule has 0 N–H and O–H groups in total. The van der Waals surface area contributed by atoms with Crippen LogP contribution in [-0.2, 0) is 9.59 Å². The number of carbonyl (C=O) groups excluding carboxylic acids is 2. The monoisotopic (exact) mass is 436 g/mol. The minimum atomic E-state index is -0.225. The van der Waals surface area contributed by atoms with Gasteiger partial charge in [-0.3, -0.25) is 9.59 Å². The number of rotatable bonds is 5. The molecule has 0 saturated heterocycles. The third-order valence-corrected chi connectivity index (χ3v) is 11.0. The maximum atomic E-state index is 12.8. The van der Waals surface area contributed by atoms with E-state index in [0.717, 1.165) is 50.4 Å². The molecule has 2 fully saturated rings. The van der Waals surface area contributed by atoms with Crippen LogP contribution in [-0.4, -0.2) is 12.1 Å². The lowest BCUT2D eigenvalue weighted by atomic mass is 9.44. The number of carbonyl (C=O) groups is 2. The highest BCUT2D eigenvalue weighted by molar-refractivity contribution is 5.86. The van der Waals surface area contributed by atoms with Gasteiger partial charge in [0.15, 0.2) is 0 Å². The van der Waals surface area contributed by atoms with Gasteiger partial charge in [0.1, 0.15) is 12.1 Å². The summed E-state index contributed by atoms with van der Waals surface area (Å²) in [5, 5.41) is 0. The molecule has 0 aromatic carbocycles. The lowest BCUT2D eigenvalue weighted by molar-refractivity contribution is -0.138. The van der Waals surface area contributed by atoms with Crippen LogP contribution >= 0.6 is 0 Å². The molecule has 4 rings (SSSR count). The maximum Gasteiger partial charge on any atom is 0.145 e. The Balaban J connectivity index is 1.64. The van der Waals surface area contributed by atoms with Crippen LogP contribution in [0.1, 0.15) is 99.8 Å². The van der Waals surface area contributed by atoms with E-state index in [1.54, 1.807) is 11.1 Å². The first-order valence-corrected chi connectivity index (χ1v) is 13.0. The van der Waals surface area contributed by atoms with Crippen LogP contribution in [0.3, 0.4) is 0 Å². The molecule has 2 heteroatoms. The average molecular weight is 437 g/mol. The van der Waals surface area contributed by atoms with Gasteiger partial charge in [-0.2, -0.15) is 0 Å². The predicted molar refractivity (Wildman–Crippen MR) is 132 cm³/mol. The van der Waals surface area contributed by atoms with Gasteiger partial charge in [-0.05, 0) is 103 Å². The normalized spacial score (nSPS) is 41.7. The maximum absolute atomic E-state index is 12.8. The number of ketones is 1. The third-order valence-electron chi connectivity index (χ3n) is 11.0. The van der Waals surface area contributed by atoms with Crippen molar-refractivity contribution in [2.45, 2.75) is 99.8 Å². The smallest absolute Gasteiger partial charge is 0.145 e. The first-order valence-electron chi connectivity index (χ1n) is 13.0. The Hall–Kier alpha value is -1.44. The van der Waals surface area contributed by atoms with Gasteiger partial charge in [-0.1, -0.05) is 59.8 Å². The minimum Gasteiger partial charge on any atom is -0.299 e. The van der Waals surface area contributed by atoms with E-state index in [2.05, 4.69) is 59.8 Å². The second kappa shape index (κ2) is 7.81. The van der Waals surface area contributed by atoms with E-state index in [1.165, 1.54) is 12.8 Å². The van der Waals surface area contributed by atoms with Crippen molar-refractivity contribution in [2.75, 3.05) is 0 Å². The highest BCUT2D eigenvalue weighted by atomic mass is 16.1. The molecule has 6 atom stereocenters. The van der Waals surface area contributed by atoms with Gasteiger partial charge < -0.3 is 0 Å². The standard InChI is InChI=1S/C30H44O2/c1-20(19-31)9-8-10-21(2)22-13-17-30(7)24-11-12-25-27(3,4)26(32)15-16-28(25,5)23(24)14-18-29(22,30)6/h9,11,14,19,21-22,25H,8,10,12-13,15-18H2,1-7H3/b20-9+/t21-,22-,25?,28-,29-,30+/m1/s1. The van der Waals surface area contributed by atoms with Crippen LogP contribution < -0.4 is 0 Å². The van der Waals surface area contributed by atoms with Crippen LogP contribution in [0.5, 0.6) is 0 Å². The second-order valence-electron chi connectivity index (χ2n) is 12.8. The van der Waals surface area contributed by atoms with Crippen molar-refractivity contribution in [1.82, 2.24) is 0 Å². The van der Waals surface area contributed by atoms with E-state index in [4.69, 9.17) is 0 Å². The van der Waals surface area contributed by atoms with Crippen molar-refractivity contribution in [3.05, 3.63) is 34.9 Å². The fourth-order valence-electron chi connectivity index (χ4n) is 8.58. The fourth-order valence-corrected chi connectivity index (χ4v) is 8.58. The molecule has 2 saturated carbocycles. The number of allylic oxidation sites excluding steroid dienone is 6. The highest BCUT2D eigenvalue weighted by Gasteiger charge is 2.63. The summed E-state index contributed by atoms with van der Waals surface area (Å²) in [6.45, 7) is 16.3. The molecule has 176 valence electrons. The summed E-state index contributed by atoms with van der Waals surface area (Å²) in [5.74, 6) is 2.25. The summed E-state index contributed by atoms with van der Waals surface area (Å²) in [6.07, 6.45) is 16.9. The largest absolute Gasteiger partial charge is 0.299 e. The van der Waals surface area contributed by atoms with Crippen LogP contribution in [0.4, 0.5) is 0 Å². The van der Waals surface area contributed by atoms with Gasteiger partial charge in [0.05, 0.1) is 0 Å². The SMILES string of the molecule is C/C(C=O)=C\CC[C@@H](C)[C@H]1CC[C@@]2(C)C3=CCC4C(C)(C)C(=O)CC[C@]4(C)C3=CC[C@]12C. The van der Waals surface area contributed by atoms with Gasteiger partial charge in [0, 0.05) is 11.8 Å². The van der Waals surface area contributed by atoms with Crippen LogP contribution in [0.2, 0.25) is 0 Å². The molecule has 0 bridgehead atoms. The Labute approximate surface area is 196 Å². The number of hydrogen-bond acceptors (Lipinski definition) is 2. The van der Waals surface area contributed by atoms with Gasteiger partial charge in [-0.15, -0.1) is 0 Å². The molecular formula is C30H44O2. The Morgan fingerprint density at radius 3 is 2.53 bits per heavy atom. The molecule has 0 aromatic heterocycles. The molecule has 0 radical (unpaired) electrons. The fraction of sp³-hybridized carbons (Fsp3) is 0.733. The Morgan fingerprint density at radius 2 is 1.84 bits per heavy atom. The van der Waals surface area contributed by atoms with Crippen LogP contribution in [0.15, 0.2) is 34.9 Å². The van der Waals surface area contributed by atoms with Crippen molar-refractivity contribution in [3.63, 3.8) is 0 Å². The quantitative estimate of drug-likeness (QED) is 0.328. The molecular weight excluding hydrogens is 392 g/mol. The first kappa shape index (κ1) is 23.7. The number of aldehydes is 1. The summed E-state index contributed by atoms with van der Waals surface area (Å²) in [6, 6.07) is 0. The summed E-state index contributed by atoms with van der Waals surface area (Å²) in [7, 11) is 0. The molecule has 0 spiro atoms. The lowest BCUT2D eigenvalue weighted by Gasteiger charge is -2.59. The van der Waals surface area contributed by atoms with E-state index >= 15 is 0 Å². The van der Waals surface area contributed by atoms with Gasteiger partial charge in [0.2, 0.25) is 0 Å². The van der Waals surface area contributed by atoms with Crippen LogP contribution in [0, 0.1) is 39.4 Å². The van der Waals surface area contributed by atoms with Gasteiger partial charge in [0.25, 0.3) is 0 Å². The molecule has 0 aromatic rings. The third kappa shape index (κ3) is 3.18. The Kier molecular flexibility index (Phi) is 5.79. The molecule has 0 amide bonds. The van der Waals surface area contributed by atoms with E-state index in [-0.39, 0.29) is 21.7 Å². The van der Waals surface area contributed by atoms with Crippen molar-refractivity contribution < 1.29 is 9.59 Å². The zero-order valence-electron chi connectivity index (χ0n) is 21.5. The van der Waals surface area contributed by atoms with Crippen molar-refractivity contribution in [1.29, 1.82) is 0 Å².